The van der Waals surface area contributed by atoms with E-state index in [1.54, 1.807) is 0 Å². The van der Waals surface area contributed by atoms with Gasteiger partial charge in [-0.1, -0.05) is 12.1 Å². The Kier molecular flexibility index (Phi) is 3.33. The first-order valence-corrected chi connectivity index (χ1v) is 6.80. The van der Waals surface area contributed by atoms with Crippen LogP contribution in [-0.2, 0) is 20.0 Å². The molecule has 1 fully saturated rings. The summed E-state index contributed by atoms with van der Waals surface area (Å²) in [5.74, 6) is 1.50. The largest absolute Gasteiger partial charge is 0.339 e. The van der Waals surface area contributed by atoms with Gasteiger partial charge in [-0.2, -0.15) is 10.1 Å². The minimum absolute atomic E-state index is 0.428. The Balaban J connectivity index is 1.72. The Hall–Kier alpha value is -1.69. The fourth-order valence-corrected chi connectivity index (χ4v) is 2.68. The van der Waals surface area contributed by atoms with Crippen LogP contribution >= 0.6 is 0 Å². The summed E-state index contributed by atoms with van der Waals surface area (Å²) in [5, 5.41) is 8.30. The monoisotopic (exact) mass is 261 g/mol. The highest BCUT2D eigenvalue weighted by Crippen LogP contribution is 2.32. The average Bonchev–Trinajstić information content (AvgIpc) is 3.10. The molecule has 1 aliphatic rings. The van der Waals surface area contributed by atoms with Gasteiger partial charge in [-0.15, -0.1) is 0 Å². The molecular weight excluding hydrogens is 242 g/mol. The maximum Gasteiger partial charge on any atom is 0.226 e. The van der Waals surface area contributed by atoms with Crippen LogP contribution in [0, 0.1) is 0 Å². The summed E-state index contributed by atoms with van der Waals surface area (Å²) >= 11 is 0. The lowest BCUT2D eigenvalue weighted by Crippen LogP contribution is -2.23. The van der Waals surface area contributed by atoms with Crippen molar-refractivity contribution < 1.29 is 4.52 Å². The van der Waals surface area contributed by atoms with Gasteiger partial charge < -0.3 is 4.52 Å². The van der Waals surface area contributed by atoms with E-state index in [2.05, 4.69) is 26.3 Å². The third-order valence-corrected chi connectivity index (χ3v) is 3.63. The zero-order chi connectivity index (χ0) is 13.2. The van der Waals surface area contributed by atoms with E-state index in [-0.39, 0.29) is 0 Å². The minimum atomic E-state index is 0.428. The van der Waals surface area contributed by atoms with Crippen molar-refractivity contribution >= 4 is 0 Å². The molecule has 1 aliphatic heterocycles. The fourth-order valence-electron chi connectivity index (χ4n) is 2.68. The smallest absolute Gasteiger partial charge is 0.226 e. The molecule has 0 N–H and O–H groups in total. The normalized spacial score (nSPS) is 20.2. The molecule has 102 valence electrons. The first kappa shape index (κ1) is 12.3. The van der Waals surface area contributed by atoms with E-state index in [0.717, 1.165) is 25.3 Å². The van der Waals surface area contributed by atoms with Gasteiger partial charge in [0, 0.05) is 31.3 Å². The van der Waals surface area contributed by atoms with Crippen LogP contribution in [0.5, 0.6) is 0 Å². The van der Waals surface area contributed by atoms with Crippen LogP contribution in [-0.4, -0.2) is 31.4 Å². The van der Waals surface area contributed by atoms with Crippen LogP contribution < -0.4 is 0 Å². The fraction of sp³-hybridized carbons (Fsp3) is 0.615. The van der Waals surface area contributed by atoms with Gasteiger partial charge >= 0.3 is 0 Å². The first-order valence-electron chi connectivity index (χ1n) is 6.80. The molecule has 1 atom stereocenters. The van der Waals surface area contributed by atoms with E-state index in [9.17, 15) is 0 Å². The summed E-state index contributed by atoms with van der Waals surface area (Å²) in [6, 6.07) is 0.428. The van der Waals surface area contributed by atoms with E-state index >= 15 is 0 Å². The summed E-state index contributed by atoms with van der Waals surface area (Å²) in [6.07, 6.45) is 7.22. The van der Waals surface area contributed by atoms with E-state index in [4.69, 9.17) is 4.52 Å². The molecule has 0 aromatic carbocycles. The van der Waals surface area contributed by atoms with Crippen molar-refractivity contribution in [1.29, 1.82) is 0 Å². The van der Waals surface area contributed by atoms with Crippen molar-refractivity contribution in [3.63, 3.8) is 0 Å². The number of aryl methyl sites for hydroxylation is 2. The molecule has 3 heterocycles. The van der Waals surface area contributed by atoms with Crippen LogP contribution in [0.3, 0.4) is 0 Å². The molecule has 6 heteroatoms. The van der Waals surface area contributed by atoms with Gasteiger partial charge in [0.25, 0.3) is 0 Å². The number of likely N-dealkylation sites (tertiary alicyclic amines) is 1. The molecule has 0 aliphatic carbocycles. The van der Waals surface area contributed by atoms with Crippen molar-refractivity contribution in [1.82, 2.24) is 24.8 Å². The average molecular weight is 261 g/mol. The SMILES string of the molecule is CCc1nc(CN2CCC[C@H]2c2cnn(C)c2)no1. The number of aromatic nitrogens is 4. The highest BCUT2D eigenvalue weighted by Gasteiger charge is 2.28. The third-order valence-electron chi connectivity index (χ3n) is 3.63. The second kappa shape index (κ2) is 5.13. The van der Waals surface area contributed by atoms with Gasteiger partial charge in [0.15, 0.2) is 5.82 Å². The van der Waals surface area contributed by atoms with E-state index in [0.29, 0.717) is 11.9 Å². The van der Waals surface area contributed by atoms with Gasteiger partial charge in [-0.05, 0) is 19.4 Å². The first-order chi connectivity index (χ1) is 9.26. The molecule has 19 heavy (non-hydrogen) atoms. The summed E-state index contributed by atoms with van der Waals surface area (Å²) in [5.41, 5.74) is 1.28. The molecule has 3 rings (SSSR count). The third kappa shape index (κ3) is 2.53. The second-order valence-corrected chi connectivity index (χ2v) is 5.03. The van der Waals surface area contributed by atoms with E-state index < -0.39 is 0 Å². The predicted molar refractivity (Wildman–Crippen MR) is 69.3 cm³/mol. The van der Waals surface area contributed by atoms with Crippen LogP contribution in [0.1, 0.15) is 43.1 Å². The van der Waals surface area contributed by atoms with Crippen molar-refractivity contribution in [2.45, 2.75) is 38.8 Å². The van der Waals surface area contributed by atoms with E-state index in [1.807, 2.05) is 24.9 Å². The molecule has 0 spiro atoms. The molecule has 0 unspecified atom stereocenters. The molecule has 6 nitrogen and oxygen atoms in total. The minimum Gasteiger partial charge on any atom is -0.339 e. The number of hydrogen-bond acceptors (Lipinski definition) is 5. The Morgan fingerprint density at radius 3 is 3.05 bits per heavy atom. The van der Waals surface area contributed by atoms with Gasteiger partial charge in [0.05, 0.1) is 12.7 Å². The second-order valence-electron chi connectivity index (χ2n) is 5.03. The summed E-state index contributed by atoms with van der Waals surface area (Å²) in [4.78, 5) is 6.79. The standard InChI is InChI=1S/C13H19N5O/c1-3-13-15-12(16-19-13)9-18-6-4-5-11(18)10-7-14-17(2)8-10/h7-8,11H,3-6,9H2,1-2H3/t11-/m0/s1. The van der Waals surface area contributed by atoms with Gasteiger partial charge in [0.1, 0.15) is 0 Å². The number of nitrogens with zero attached hydrogens (tertiary/aromatic N) is 5. The van der Waals surface area contributed by atoms with Crippen LogP contribution in [0.4, 0.5) is 0 Å². The molecule has 2 aromatic rings. The lowest BCUT2D eigenvalue weighted by atomic mass is 10.1. The van der Waals surface area contributed by atoms with Crippen molar-refractivity contribution in [3.05, 3.63) is 29.7 Å². The van der Waals surface area contributed by atoms with Crippen molar-refractivity contribution in [2.24, 2.45) is 7.05 Å². The van der Waals surface area contributed by atoms with Crippen LogP contribution in [0.25, 0.3) is 0 Å². The Morgan fingerprint density at radius 2 is 2.37 bits per heavy atom. The van der Waals surface area contributed by atoms with Crippen LogP contribution in [0.2, 0.25) is 0 Å². The Bertz CT molecular complexity index is 547. The van der Waals surface area contributed by atoms with Gasteiger partial charge in [-0.25, -0.2) is 0 Å². The quantitative estimate of drug-likeness (QED) is 0.838. The predicted octanol–water partition coefficient (Wildman–Crippen LogP) is 1.70. The maximum atomic E-state index is 5.16. The molecule has 0 radical (unpaired) electrons. The van der Waals surface area contributed by atoms with Gasteiger partial charge in [-0.3, -0.25) is 9.58 Å². The molecule has 0 saturated carbocycles. The zero-order valence-electron chi connectivity index (χ0n) is 11.4. The maximum absolute atomic E-state index is 5.16. The molecule has 0 bridgehead atoms. The van der Waals surface area contributed by atoms with E-state index in [1.165, 1.54) is 18.4 Å². The number of hydrogen-bond donors (Lipinski definition) is 0. The van der Waals surface area contributed by atoms with Crippen molar-refractivity contribution in [2.75, 3.05) is 6.54 Å². The van der Waals surface area contributed by atoms with Crippen molar-refractivity contribution in [3.8, 4) is 0 Å². The molecule has 1 saturated heterocycles. The highest BCUT2D eigenvalue weighted by atomic mass is 16.5. The Labute approximate surface area is 112 Å². The summed E-state index contributed by atoms with van der Waals surface area (Å²) in [6.45, 7) is 3.85. The van der Waals surface area contributed by atoms with Crippen LogP contribution in [0.15, 0.2) is 16.9 Å². The highest BCUT2D eigenvalue weighted by molar-refractivity contribution is 5.12. The topological polar surface area (TPSA) is 60.0 Å². The number of rotatable bonds is 4. The van der Waals surface area contributed by atoms with Gasteiger partial charge in [0.2, 0.25) is 5.89 Å². The zero-order valence-corrected chi connectivity index (χ0v) is 11.4. The molecular formula is C13H19N5O. The summed E-state index contributed by atoms with van der Waals surface area (Å²) in [7, 11) is 1.95. The lowest BCUT2D eigenvalue weighted by molar-refractivity contribution is 0.238. The molecule has 0 amide bonds. The Morgan fingerprint density at radius 1 is 1.47 bits per heavy atom. The summed E-state index contributed by atoms with van der Waals surface area (Å²) < 4.78 is 7.02. The lowest BCUT2D eigenvalue weighted by Gasteiger charge is -2.21. The molecule has 2 aromatic heterocycles.